The van der Waals surface area contributed by atoms with Gasteiger partial charge in [0.05, 0.1) is 0 Å². The fourth-order valence-electron chi connectivity index (χ4n) is 1.16. The Kier molecular flexibility index (Phi) is 3.71. The average Bonchev–Trinajstić information content (AvgIpc) is 2.15. The predicted octanol–water partition coefficient (Wildman–Crippen LogP) is 1.96. The molecule has 0 unspecified atom stereocenters. The van der Waals surface area contributed by atoms with Gasteiger partial charge in [-0.2, -0.15) is 0 Å². The summed E-state index contributed by atoms with van der Waals surface area (Å²) in [7, 11) is 0. The van der Waals surface area contributed by atoms with Gasteiger partial charge in [-0.1, -0.05) is 0 Å². The zero-order chi connectivity index (χ0) is 13.2. The molecule has 9 heteroatoms. The molecule has 4 nitrogen and oxygen atoms in total. The molecule has 1 aromatic heterocycles. The Labute approximate surface area is 92.4 Å². The fourth-order valence-corrected chi connectivity index (χ4v) is 1.16. The van der Waals surface area contributed by atoms with Gasteiger partial charge in [0.2, 0.25) is 0 Å². The molecule has 4 N–H and O–H groups in total. The quantitative estimate of drug-likeness (QED) is 0.812. The van der Waals surface area contributed by atoms with Crippen molar-refractivity contribution in [2.24, 2.45) is 5.73 Å². The Morgan fingerprint density at radius 2 is 1.94 bits per heavy atom. The highest BCUT2D eigenvalue weighted by atomic mass is 19.4. The number of hydrogen-bond donors (Lipinski definition) is 2. The van der Waals surface area contributed by atoms with Gasteiger partial charge in [-0.15, -0.1) is 13.2 Å². The van der Waals surface area contributed by atoms with Gasteiger partial charge in [0, 0.05) is 18.3 Å². The lowest BCUT2D eigenvalue weighted by atomic mass is 10.1. The molecule has 1 rings (SSSR count). The smallest absolute Gasteiger partial charge is 0.405 e. The molecule has 1 heterocycles. The normalized spacial score (nSPS) is 11.9. The highest BCUT2D eigenvalue weighted by molar-refractivity contribution is 5.53. The van der Waals surface area contributed by atoms with Gasteiger partial charge in [-0.3, -0.25) is 0 Å². The second-order valence-corrected chi connectivity index (χ2v) is 2.96. The molecular weight excluding hydrogens is 249 g/mol. The molecule has 17 heavy (non-hydrogen) atoms. The third-order valence-corrected chi connectivity index (χ3v) is 1.83. The van der Waals surface area contributed by atoms with E-state index in [4.69, 9.17) is 11.5 Å². The summed E-state index contributed by atoms with van der Waals surface area (Å²) in [6.45, 7) is -0.432. The lowest BCUT2D eigenvalue weighted by Gasteiger charge is -2.16. The Hall–Kier alpha value is -1.64. The first-order valence-electron chi connectivity index (χ1n) is 4.27. The van der Waals surface area contributed by atoms with E-state index in [1.807, 2.05) is 0 Å². The number of hydrogen-bond acceptors (Lipinski definition) is 4. The van der Waals surface area contributed by atoms with Crippen molar-refractivity contribution in [2.45, 2.75) is 19.3 Å². The minimum atomic E-state index is -5.11. The molecule has 0 saturated heterocycles. The van der Waals surface area contributed by atoms with Crippen molar-refractivity contribution in [2.75, 3.05) is 5.73 Å². The molecule has 0 amide bonds. The van der Waals surface area contributed by atoms with Crippen LogP contribution in [0.15, 0.2) is 6.20 Å². The van der Waals surface area contributed by atoms with E-state index in [9.17, 15) is 22.0 Å². The maximum absolute atomic E-state index is 12.6. The monoisotopic (exact) mass is 257 g/mol. The first-order valence-corrected chi connectivity index (χ1v) is 4.27. The van der Waals surface area contributed by atoms with Crippen LogP contribution in [0.25, 0.3) is 0 Å². The number of halogens is 5. The first-order chi connectivity index (χ1) is 7.76. The summed E-state index contributed by atoms with van der Waals surface area (Å²) >= 11 is 0. The highest BCUT2D eigenvalue weighted by Crippen LogP contribution is 2.38. The van der Waals surface area contributed by atoms with Gasteiger partial charge in [0.25, 0.3) is 6.43 Å². The maximum Gasteiger partial charge on any atom is 0.573 e. The van der Waals surface area contributed by atoms with Crippen molar-refractivity contribution in [1.29, 1.82) is 0 Å². The third-order valence-electron chi connectivity index (χ3n) is 1.83. The van der Waals surface area contributed by atoms with Crippen LogP contribution in [-0.4, -0.2) is 11.3 Å². The number of pyridine rings is 1. The molecule has 1 aromatic rings. The summed E-state index contributed by atoms with van der Waals surface area (Å²) in [5.41, 5.74) is 8.80. The summed E-state index contributed by atoms with van der Waals surface area (Å²) in [5, 5.41) is 0. The number of aromatic nitrogens is 1. The summed E-state index contributed by atoms with van der Waals surface area (Å²) in [6.07, 6.45) is -7.49. The molecule has 0 aromatic carbocycles. The van der Waals surface area contributed by atoms with Crippen molar-refractivity contribution in [3.05, 3.63) is 17.3 Å². The third kappa shape index (κ3) is 3.16. The van der Waals surface area contributed by atoms with Crippen LogP contribution >= 0.6 is 0 Å². The number of ether oxygens (including phenoxy) is 1. The first kappa shape index (κ1) is 13.4. The Morgan fingerprint density at radius 3 is 2.35 bits per heavy atom. The van der Waals surface area contributed by atoms with Gasteiger partial charge in [0.15, 0.2) is 0 Å². The molecule has 0 aliphatic heterocycles. The second kappa shape index (κ2) is 4.70. The van der Waals surface area contributed by atoms with Gasteiger partial charge in [0.1, 0.15) is 17.1 Å². The zero-order valence-electron chi connectivity index (χ0n) is 8.26. The molecule has 0 aliphatic rings. The SMILES string of the molecule is NCc1cnc(N)c(C(F)F)c1OC(F)(F)F. The van der Waals surface area contributed by atoms with Crippen LogP contribution in [-0.2, 0) is 6.54 Å². The molecule has 0 radical (unpaired) electrons. The molecule has 0 spiro atoms. The second-order valence-electron chi connectivity index (χ2n) is 2.96. The Morgan fingerprint density at radius 1 is 1.35 bits per heavy atom. The van der Waals surface area contributed by atoms with Crippen LogP contribution < -0.4 is 16.2 Å². The zero-order valence-corrected chi connectivity index (χ0v) is 8.26. The number of anilines is 1. The predicted molar refractivity (Wildman–Crippen MR) is 48.2 cm³/mol. The van der Waals surface area contributed by atoms with Crippen molar-refractivity contribution in [3.63, 3.8) is 0 Å². The molecule has 0 atom stereocenters. The van der Waals surface area contributed by atoms with Crippen LogP contribution in [0.4, 0.5) is 27.8 Å². The Bertz CT molecular complexity index is 407. The molecule has 0 fully saturated rings. The van der Waals surface area contributed by atoms with E-state index in [0.717, 1.165) is 6.20 Å². The molecule has 0 bridgehead atoms. The van der Waals surface area contributed by atoms with E-state index in [1.165, 1.54) is 0 Å². The topological polar surface area (TPSA) is 74.2 Å². The summed E-state index contributed by atoms with van der Waals surface area (Å²) in [5.74, 6) is -1.81. The number of nitrogens with two attached hydrogens (primary N) is 2. The highest BCUT2D eigenvalue weighted by Gasteiger charge is 2.35. The minimum Gasteiger partial charge on any atom is -0.405 e. The fraction of sp³-hybridized carbons (Fsp3) is 0.375. The Balaban J connectivity index is 3.35. The van der Waals surface area contributed by atoms with E-state index >= 15 is 0 Å². The van der Waals surface area contributed by atoms with Crippen molar-refractivity contribution < 1.29 is 26.7 Å². The lowest BCUT2D eigenvalue weighted by molar-refractivity contribution is -0.275. The minimum absolute atomic E-state index is 0.299. The van der Waals surface area contributed by atoms with Crippen molar-refractivity contribution >= 4 is 5.82 Å². The van der Waals surface area contributed by atoms with Gasteiger partial charge < -0.3 is 16.2 Å². The summed E-state index contributed by atoms with van der Waals surface area (Å²) < 4.78 is 64.9. The molecular formula is C8H8F5N3O. The summed E-state index contributed by atoms with van der Waals surface area (Å²) in [6, 6.07) is 0. The van der Waals surface area contributed by atoms with Crippen LogP contribution in [0.3, 0.4) is 0 Å². The maximum atomic E-state index is 12.6. The number of alkyl halides is 5. The van der Waals surface area contributed by atoms with Crippen molar-refractivity contribution in [1.82, 2.24) is 4.98 Å². The van der Waals surface area contributed by atoms with Crippen molar-refractivity contribution in [3.8, 4) is 5.75 Å². The standard InChI is InChI=1S/C8H8F5N3O/c9-6(10)4-5(17-8(11,12)13)3(1-14)2-16-7(4)15/h2,6H,1,14H2,(H2,15,16). The number of rotatable bonds is 3. The largest absolute Gasteiger partial charge is 0.573 e. The van der Waals surface area contributed by atoms with E-state index in [1.54, 1.807) is 0 Å². The van der Waals surface area contributed by atoms with Gasteiger partial charge in [-0.25, -0.2) is 13.8 Å². The van der Waals surface area contributed by atoms with Crippen LogP contribution in [0.2, 0.25) is 0 Å². The average molecular weight is 257 g/mol. The molecule has 0 saturated carbocycles. The molecule has 0 aliphatic carbocycles. The summed E-state index contributed by atoms with van der Waals surface area (Å²) in [4.78, 5) is 3.33. The van der Waals surface area contributed by atoms with Crippen LogP contribution in [0.1, 0.15) is 17.6 Å². The van der Waals surface area contributed by atoms with E-state index in [-0.39, 0.29) is 5.56 Å². The number of nitrogens with zero attached hydrogens (tertiary/aromatic N) is 1. The number of nitrogen functional groups attached to an aromatic ring is 1. The van der Waals surface area contributed by atoms with E-state index in [0.29, 0.717) is 0 Å². The van der Waals surface area contributed by atoms with Gasteiger partial charge >= 0.3 is 6.36 Å². The lowest BCUT2D eigenvalue weighted by Crippen LogP contribution is -2.21. The van der Waals surface area contributed by atoms with Gasteiger partial charge in [-0.05, 0) is 0 Å². The van der Waals surface area contributed by atoms with Crippen LogP contribution in [0, 0.1) is 0 Å². The van der Waals surface area contributed by atoms with E-state index < -0.39 is 36.5 Å². The molecule has 96 valence electrons. The van der Waals surface area contributed by atoms with Crippen LogP contribution in [0.5, 0.6) is 5.75 Å². The van der Waals surface area contributed by atoms with E-state index in [2.05, 4.69) is 9.72 Å².